The first-order chi connectivity index (χ1) is 7.67. The number of methoxy groups -OCH3 is 1. The summed E-state index contributed by atoms with van der Waals surface area (Å²) in [6, 6.07) is 6.10. The smallest absolute Gasteiger partial charge is 0.124 e. The van der Waals surface area contributed by atoms with Gasteiger partial charge in [-0.05, 0) is 24.1 Å². The van der Waals surface area contributed by atoms with E-state index in [2.05, 4.69) is 5.32 Å². The summed E-state index contributed by atoms with van der Waals surface area (Å²) in [4.78, 5) is 0. The molecule has 1 unspecified atom stereocenters. The fourth-order valence-electron chi connectivity index (χ4n) is 1.39. The number of nitrogens with zero attached hydrogens (tertiary/aromatic N) is 1. The second kappa shape index (κ2) is 6.09. The summed E-state index contributed by atoms with van der Waals surface area (Å²) in [6.45, 7) is 3.37. The van der Waals surface area contributed by atoms with Crippen LogP contribution < -0.4 is 5.32 Å². The summed E-state index contributed by atoms with van der Waals surface area (Å²) in [5.41, 5.74) is 0.983. The van der Waals surface area contributed by atoms with Crippen LogP contribution >= 0.6 is 0 Å². The van der Waals surface area contributed by atoms with Gasteiger partial charge in [0.15, 0.2) is 0 Å². The standard InChI is InChI=1S/C12H15FN2O/c1-9(8-16-2)7-15-12-4-3-11(13)5-10(12)6-14/h3-5,9,15H,7-8H2,1-2H3. The minimum atomic E-state index is -0.396. The Balaban J connectivity index is 2.64. The molecule has 0 spiro atoms. The van der Waals surface area contributed by atoms with Crippen molar-refractivity contribution in [1.29, 1.82) is 5.26 Å². The molecule has 0 aromatic heterocycles. The Hall–Kier alpha value is -1.60. The van der Waals surface area contributed by atoms with Crippen LogP contribution in [0.25, 0.3) is 0 Å². The Bertz CT molecular complexity index is 387. The van der Waals surface area contributed by atoms with Crippen LogP contribution in [0.3, 0.4) is 0 Å². The summed E-state index contributed by atoms with van der Waals surface area (Å²) < 4.78 is 17.9. The molecular formula is C12H15FN2O. The zero-order chi connectivity index (χ0) is 12.0. The van der Waals surface area contributed by atoms with Crippen LogP contribution in [0.5, 0.6) is 0 Å². The van der Waals surface area contributed by atoms with Crippen LogP contribution in [0.1, 0.15) is 12.5 Å². The molecule has 0 fully saturated rings. The minimum Gasteiger partial charge on any atom is -0.384 e. The van der Waals surface area contributed by atoms with E-state index < -0.39 is 5.82 Å². The van der Waals surface area contributed by atoms with E-state index in [1.807, 2.05) is 13.0 Å². The van der Waals surface area contributed by atoms with Gasteiger partial charge < -0.3 is 10.1 Å². The largest absolute Gasteiger partial charge is 0.384 e. The van der Waals surface area contributed by atoms with E-state index in [1.54, 1.807) is 13.2 Å². The second-order valence-electron chi connectivity index (χ2n) is 3.74. The first-order valence-corrected chi connectivity index (χ1v) is 5.09. The molecular weight excluding hydrogens is 207 g/mol. The molecule has 0 aliphatic heterocycles. The maximum Gasteiger partial charge on any atom is 0.124 e. The number of anilines is 1. The van der Waals surface area contributed by atoms with Gasteiger partial charge in [-0.25, -0.2) is 4.39 Å². The first-order valence-electron chi connectivity index (χ1n) is 5.09. The zero-order valence-electron chi connectivity index (χ0n) is 9.46. The number of hydrogen-bond acceptors (Lipinski definition) is 3. The van der Waals surface area contributed by atoms with E-state index in [-0.39, 0.29) is 0 Å². The van der Waals surface area contributed by atoms with Crippen molar-refractivity contribution in [2.75, 3.05) is 25.6 Å². The lowest BCUT2D eigenvalue weighted by molar-refractivity contribution is 0.164. The van der Waals surface area contributed by atoms with Gasteiger partial charge in [-0.1, -0.05) is 6.92 Å². The van der Waals surface area contributed by atoms with Crippen LogP contribution in [0.15, 0.2) is 18.2 Å². The third-order valence-corrected chi connectivity index (χ3v) is 2.19. The van der Waals surface area contributed by atoms with Crippen molar-refractivity contribution in [2.45, 2.75) is 6.92 Å². The predicted octanol–water partition coefficient (Wildman–Crippen LogP) is 2.39. The van der Waals surface area contributed by atoms with Crippen molar-refractivity contribution in [3.05, 3.63) is 29.6 Å². The summed E-state index contributed by atoms with van der Waals surface area (Å²) >= 11 is 0. The highest BCUT2D eigenvalue weighted by atomic mass is 19.1. The van der Waals surface area contributed by atoms with Crippen LogP contribution in [0.4, 0.5) is 10.1 Å². The predicted molar refractivity (Wildman–Crippen MR) is 60.6 cm³/mol. The molecule has 0 bridgehead atoms. The molecule has 3 nitrogen and oxygen atoms in total. The van der Waals surface area contributed by atoms with E-state index in [0.29, 0.717) is 30.3 Å². The van der Waals surface area contributed by atoms with Gasteiger partial charge in [-0.2, -0.15) is 5.26 Å². The van der Waals surface area contributed by atoms with Crippen molar-refractivity contribution >= 4 is 5.69 Å². The quantitative estimate of drug-likeness (QED) is 0.832. The zero-order valence-corrected chi connectivity index (χ0v) is 9.46. The molecule has 1 N–H and O–H groups in total. The van der Waals surface area contributed by atoms with Crippen molar-refractivity contribution in [3.8, 4) is 6.07 Å². The molecule has 0 aliphatic rings. The summed E-state index contributed by atoms with van der Waals surface area (Å²) in [6.07, 6.45) is 0. The molecule has 4 heteroatoms. The number of rotatable bonds is 5. The van der Waals surface area contributed by atoms with Gasteiger partial charge in [0.25, 0.3) is 0 Å². The summed E-state index contributed by atoms with van der Waals surface area (Å²) in [7, 11) is 1.65. The van der Waals surface area contributed by atoms with Gasteiger partial charge in [0.2, 0.25) is 0 Å². The average molecular weight is 222 g/mol. The SMILES string of the molecule is COCC(C)CNc1ccc(F)cc1C#N. The molecule has 0 radical (unpaired) electrons. The van der Waals surface area contributed by atoms with E-state index in [4.69, 9.17) is 10.00 Å². The number of nitriles is 1. The highest BCUT2D eigenvalue weighted by molar-refractivity contribution is 5.57. The Labute approximate surface area is 94.8 Å². The minimum absolute atomic E-state index is 0.324. The fourth-order valence-corrected chi connectivity index (χ4v) is 1.39. The molecule has 86 valence electrons. The van der Waals surface area contributed by atoms with Crippen molar-refractivity contribution in [1.82, 2.24) is 0 Å². The molecule has 1 aromatic carbocycles. The summed E-state index contributed by atoms with van der Waals surface area (Å²) in [5.74, 6) is -0.0614. The van der Waals surface area contributed by atoms with Gasteiger partial charge in [0, 0.05) is 13.7 Å². The number of benzene rings is 1. The van der Waals surface area contributed by atoms with E-state index in [0.717, 1.165) is 0 Å². The van der Waals surface area contributed by atoms with Crippen molar-refractivity contribution in [3.63, 3.8) is 0 Å². The Morgan fingerprint density at radius 2 is 2.31 bits per heavy atom. The van der Waals surface area contributed by atoms with Gasteiger partial charge in [0.05, 0.1) is 17.9 Å². The molecule has 0 heterocycles. The Morgan fingerprint density at radius 1 is 1.56 bits per heavy atom. The highest BCUT2D eigenvalue weighted by Gasteiger charge is 2.05. The third-order valence-electron chi connectivity index (χ3n) is 2.19. The van der Waals surface area contributed by atoms with Crippen LogP contribution in [0.2, 0.25) is 0 Å². The summed E-state index contributed by atoms with van der Waals surface area (Å²) in [5, 5.41) is 11.9. The molecule has 0 saturated heterocycles. The molecule has 1 rings (SSSR count). The monoisotopic (exact) mass is 222 g/mol. The highest BCUT2D eigenvalue weighted by Crippen LogP contribution is 2.16. The van der Waals surface area contributed by atoms with Crippen LogP contribution in [-0.4, -0.2) is 20.3 Å². The van der Waals surface area contributed by atoms with E-state index in [1.165, 1.54) is 12.1 Å². The molecule has 1 aromatic rings. The Kier molecular flexibility index (Phi) is 4.74. The fraction of sp³-hybridized carbons (Fsp3) is 0.417. The molecule has 1 atom stereocenters. The number of hydrogen-bond donors (Lipinski definition) is 1. The Morgan fingerprint density at radius 3 is 2.94 bits per heavy atom. The molecule has 16 heavy (non-hydrogen) atoms. The lowest BCUT2D eigenvalue weighted by Gasteiger charge is -2.13. The third kappa shape index (κ3) is 3.52. The first kappa shape index (κ1) is 12.5. The topological polar surface area (TPSA) is 45.0 Å². The number of ether oxygens (including phenoxy) is 1. The average Bonchev–Trinajstić information content (AvgIpc) is 2.27. The molecule has 0 amide bonds. The molecule has 0 saturated carbocycles. The van der Waals surface area contributed by atoms with Gasteiger partial charge in [-0.15, -0.1) is 0 Å². The van der Waals surface area contributed by atoms with Crippen LogP contribution in [-0.2, 0) is 4.74 Å². The number of halogens is 1. The van der Waals surface area contributed by atoms with Gasteiger partial charge >= 0.3 is 0 Å². The van der Waals surface area contributed by atoms with E-state index >= 15 is 0 Å². The normalized spacial score (nSPS) is 11.9. The number of nitrogens with one attached hydrogen (secondary N) is 1. The lowest BCUT2D eigenvalue weighted by atomic mass is 10.1. The van der Waals surface area contributed by atoms with Gasteiger partial charge in [0.1, 0.15) is 11.9 Å². The van der Waals surface area contributed by atoms with Crippen molar-refractivity contribution in [2.24, 2.45) is 5.92 Å². The molecule has 0 aliphatic carbocycles. The maximum absolute atomic E-state index is 12.9. The van der Waals surface area contributed by atoms with Gasteiger partial charge in [-0.3, -0.25) is 0 Å². The van der Waals surface area contributed by atoms with Crippen molar-refractivity contribution < 1.29 is 9.13 Å². The lowest BCUT2D eigenvalue weighted by Crippen LogP contribution is -2.16. The van der Waals surface area contributed by atoms with Crippen LogP contribution in [0, 0.1) is 23.1 Å². The maximum atomic E-state index is 12.9. The van der Waals surface area contributed by atoms with E-state index in [9.17, 15) is 4.39 Å². The second-order valence-corrected chi connectivity index (χ2v) is 3.74.